The second-order valence-corrected chi connectivity index (χ2v) is 6.97. The lowest BCUT2D eigenvalue weighted by Crippen LogP contribution is -2.47. The Morgan fingerprint density at radius 1 is 1.39 bits per heavy atom. The summed E-state index contributed by atoms with van der Waals surface area (Å²) >= 11 is 1.69. The molecule has 1 aliphatic rings. The van der Waals surface area contributed by atoms with Gasteiger partial charge in [-0.05, 0) is 44.2 Å². The highest BCUT2D eigenvalue weighted by Gasteiger charge is 2.36. The molecular weight excluding hydrogens is 308 g/mol. The minimum Gasteiger partial charge on any atom is -0.332 e. The van der Waals surface area contributed by atoms with Crippen molar-refractivity contribution in [3.8, 4) is 11.8 Å². The lowest BCUT2D eigenvalue weighted by Gasteiger charge is -2.20. The number of aromatic nitrogens is 2. The van der Waals surface area contributed by atoms with Crippen molar-refractivity contribution < 1.29 is 4.79 Å². The van der Waals surface area contributed by atoms with Crippen LogP contribution in [-0.4, -0.2) is 32.7 Å². The van der Waals surface area contributed by atoms with Crippen molar-refractivity contribution in [2.24, 2.45) is 0 Å². The Balaban J connectivity index is 1.84. The van der Waals surface area contributed by atoms with Crippen molar-refractivity contribution >= 4 is 17.7 Å². The summed E-state index contributed by atoms with van der Waals surface area (Å²) in [6, 6.07) is 12.0. The molecule has 1 fully saturated rings. The number of carbonyl (C=O) groups is 1. The zero-order valence-electron chi connectivity index (χ0n) is 13.2. The Bertz CT molecular complexity index is 767. The first-order valence-corrected chi connectivity index (χ1v) is 8.64. The van der Waals surface area contributed by atoms with Gasteiger partial charge in [0.05, 0.1) is 11.8 Å². The van der Waals surface area contributed by atoms with Crippen LogP contribution in [0, 0.1) is 25.2 Å². The summed E-state index contributed by atoms with van der Waals surface area (Å²) in [5.74, 6) is 1.24. The second-order valence-electron chi connectivity index (χ2n) is 5.87. The molecule has 2 aromatic rings. The minimum atomic E-state index is -0.761. The molecule has 0 aliphatic carbocycles. The topological polar surface area (TPSA) is 70.7 Å². The van der Waals surface area contributed by atoms with E-state index in [1.54, 1.807) is 22.5 Å². The predicted octanol–water partition coefficient (Wildman–Crippen LogP) is 2.62. The summed E-state index contributed by atoms with van der Waals surface area (Å²) in [4.78, 5) is 12.5. The number of nitrogens with one attached hydrogen (secondary N) is 1. The number of hydrogen-bond acceptors (Lipinski definition) is 4. The normalized spacial score (nSPS) is 20.2. The number of thioether (sulfide) groups is 1. The number of rotatable bonds is 3. The monoisotopic (exact) mass is 326 g/mol. The standard InChI is InChI=1S/C17H18N4OS/c1-12-3-5-14(6-4-12)21-13(2)9-15(20-21)16(22)19-17(10-18)7-8-23-11-17/h3-6,9H,7-8,11H2,1-2H3,(H,19,22). The van der Waals surface area contributed by atoms with E-state index in [1.165, 1.54) is 5.56 Å². The number of nitrogens with zero attached hydrogens (tertiary/aromatic N) is 3. The smallest absolute Gasteiger partial charge is 0.273 e. The summed E-state index contributed by atoms with van der Waals surface area (Å²) in [6.07, 6.45) is 0.678. The van der Waals surface area contributed by atoms with Crippen molar-refractivity contribution in [2.75, 3.05) is 11.5 Å². The van der Waals surface area contributed by atoms with Crippen molar-refractivity contribution in [1.29, 1.82) is 5.26 Å². The van der Waals surface area contributed by atoms with Crippen molar-refractivity contribution in [3.05, 3.63) is 47.3 Å². The third-order valence-corrected chi connectivity index (χ3v) is 5.18. The highest BCUT2D eigenvalue weighted by molar-refractivity contribution is 7.99. The van der Waals surface area contributed by atoms with Crippen LogP contribution in [0.25, 0.3) is 5.69 Å². The number of nitriles is 1. The lowest BCUT2D eigenvalue weighted by molar-refractivity contribution is 0.0920. The predicted molar refractivity (Wildman–Crippen MR) is 90.8 cm³/mol. The molecule has 6 heteroatoms. The quantitative estimate of drug-likeness (QED) is 0.941. The molecule has 0 saturated carbocycles. The fraction of sp³-hybridized carbons (Fsp3) is 0.353. The molecule has 118 valence electrons. The van der Waals surface area contributed by atoms with Gasteiger partial charge in [-0.2, -0.15) is 22.1 Å². The Morgan fingerprint density at radius 3 is 2.74 bits per heavy atom. The molecular formula is C17H18N4OS. The van der Waals surface area contributed by atoms with Gasteiger partial charge in [0, 0.05) is 11.4 Å². The van der Waals surface area contributed by atoms with E-state index < -0.39 is 5.54 Å². The Hall–Kier alpha value is -2.26. The van der Waals surface area contributed by atoms with E-state index in [0.717, 1.165) is 17.1 Å². The third-order valence-electron chi connectivity index (χ3n) is 3.99. The zero-order valence-corrected chi connectivity index (χ0v) is 14.0. The van der Waals surface area contributed by atoms with Crippen LogP contribution in [-0.2, 0) is 0 Å². The van der Waals surface area contributed by atoms with E-state index >= 15 is 0 Å². The van der Waals surface area contributed by atoms with Crippen molar-refractivity contribution in [2.45, 2.75) is 25.8 Å². The molecule has 0 bridgehead atoms. The van der Waals surface area contributed by atoms with Gasteiger partial charge in [-0.15, -0.1) is 0 Å². The van der Waals surface area contributed by atoms with Crippen molar-refractivity contribution in [3.63, 3.8) is 0 Å². The van der Waals surface area contributed by atoms with E-state index in [9.17, 15) is 10.1 Å². The Labute approximate surface area is 139 Å². The van der Waals surface area contributed by atoms with Gasteiger partial charge >= 0.3 is 0 Å². The first-order valence-electron chi connectivity index (χ1n) is 7.48. The summed E-state index contributed by atoms with van der Waals surface area (Å²) in [7, 11) is 0. The number of aryl methyl sites for hydroxylation is 2. The minimum absolute atomic E-state index is 0.289. The molecule has 1 aromatic heterocycles. The van der Waals surface area contributed by atoms with E-state index in [2.05, 4.69) is 16.5 Å². The largest absolute Gasteiger partial charge is 0.332 e. The molecule has 23 heavy (non-hydrogen) atoms. The highest BCUT2D eigenvalue weighted by Crippen LogP contribution is 2.27. The molecule has 1 N–H and O–H groups in total. The maximum atomic E-state index is 12.5. The van der Waals surface area contributed by atoms with E-state index in [1.807, 2.05) is 38.1 Å². The van der Waals surface area contributed by atoms with Gasteiger partial charge in [-0.1, -0.05) is 17.7 Å². The SMILES string of the molecule is Cc1ccc(-n2nc(C(=O)NC3(C#N)CCSC3)cc2C)cc1. The maximum Gasteiger partial charge on any atom is 0.273 e. The lowest BCUT2D eigenvalue weighted by atomic mass is 10.0. The molecule has 1 amide bonds. The molecule has 5 nitrogen and oxygen atoms in total. The second kappa shape index (κ2) is 6.09. The van der Waals surface area contributed by atoms with Crippen LogP contribution in [0.4, 0.5) is 0 Å². The van der Waals surface area contributed by atoms with Gasteiger partial charge in [-0.25, -0.2) is 4.68 Å². The zero-order chi connectivity index (χ0) is 16.4. The number of carbonyl (C=O) groups excluding carboxylic acids is 1. The molecule has 3 rings (SSSR count). The summed E-state index contributed by atoms with van der Waals surface area (Å²) in [5.41, 5.74) is 2.55. The van der Waals surface area contributed by atoms with Gasteiger partial charge < -0.3 is 5.32 Å². The number of hydrogen-bond donors (Lipinski definition) is 1. The Kier molecular flexibility index (Phi) is 4.14. The molecule has 2 heterocycles. The van der Waals surface area contributed by atoms with Gasteiger partial charge in [0.2, 0.25) is 0 Å². The molecule has 1 atom stereocenters. The molecule has 1 unspecified atom stereocenters. The summed E-state index contributed by atoms with van der Waals surface area (Å²) < 4.78 is 1.75. The van der Waals surface area contributed by atoms with Crippen LogP contribution in [0.5, 0.6) is 0 Å². The van der Waals surface area contributed by atoms with Crippen molar-refractivity contribution in [1.82, 2.24) is 15.1 Å². The maximum absolute atomic E-state index is 12.5. The Morgan fingerprint density at radius 2 is 2.13 bits per heavy atom. The molecule has 0 radical (unpaired) electrons. The summed E-state index contributed by atoms with van der Waals surface area (Å²) in [5, 5.41) is 16.6. The third kappa shape index (κ3) is 3.10. The van der Waals surface area contributed by atoms with E-state index in [0.29, 0.717) is 17.9 Å². The van der Waals surface area contributed by atoms with Crippen LogP contribution in [0.3, 0.4) is 0 Å². The van der Waals surface area contributed by atoms with Crippen LogP contribution >= 0.6 is 11.8 Å². The fourth-order valence-corrected chi connectivity index (χ4v) is 3.86. The summed E-state index contributed by atoms with van der Waals surface area (Å²) in [6.45, 7) is 3.94. The van der Waals surface area contributed by atoms with E-state index in [4.69, 9.17) is 0 Å². The average Bonchev–Trinajstić information content (AvgIpc) is 3.16. The first-order chi connectivity index (χ1) is 11.0. The number of amides is 1. The molecule has 1 aromatic carbocycles. The average molecular weight is 326 g/mol. The highest BCUT2D eigenvalue weighted by atomic mass is 32.2. The van der Waals surface area contributed by atoms with Crippen LogP contribution < -0.4 is 5.32 Å². The van der Waals surface area contributed by atoms with Gasteiger partial charge in [0.1, 0.15) is 5.54 Å². The van der Waals surface area contributed by atoms with Crippen LogP contribution in [0.2, 0.25) is 0 Å². The molecule has 1 saturated heterocycles. The number of benzene rings is 1. The fourth-order valence-electron chi connectivity index (χ4n) is 2.59. The van der Waals surface area contributed by atoms with Gasteiger partial charge in [0.15, 0.2) is 5.69 Å². The first kappa shape index (κ1) is 15.6. The van der Waals surface area contributed by atoms with Gasteiger partial charge in [-0.3, -0.25) is 4.79 Å². The molecule has 1 aliphatic heterocycles. The van der Waals surface area contributed by atoms with Crippen LogP contribution in [0.15, 0.2) is 30.3 Å². The molecule has 0 spiro atoms. The van der Waals surface area contributed by atoms with E-state index in [-0.39, 0.29) is 5.91 Å². The van der Waals surface area contributed by atoms with Crippen LogP contribution in [0.1, 0.15) is 28.2 Å². The van der Waals surface area contributed by atoms with Gasteiger partial charge in [0.25, 0.3) is 5.91 Å².